The highest BCUT2D eigenvalue weighted by Gasteiger charge is 2.17. The fourth-order valence-corrected chi connectivity index (χ4v) is 4.87. The van der Waals surface area contributed by atoms with E-state index in [0.717, 1.165) is 56.6 Å². The molecule has 0 saturated heterocycles. The normalized spacial score (nSPS) is 12.3. The van der Waals surface area contributed by atoms with Crippen LogP contribution < -0.4 is 5.32 Å². The van der Waals surface area contributed by atoms with Gasteiger partial charge in [-0.05, 0) is 65.6 Å². The Labute approximate surface area is 237 Å². The molecule has 0 unspecified atom stereocenters. The molecule has 0 saturated carbocycles. The molecule has 3 aromatic heterocycles. The minimum absolute atomic E-state index is 0.271. The Morgan fingerprint density at radius 2 is 1.73 bits per heavy atom. The van der Waals surface area contributed by atoms with Gasteiger partial charge in [0.15, 0.2) is 11.5 Å². The molecule has 0 fully saturated rings. The third-order valence-corrected chi connectivity index (χ3v) is 7.01. The van der Waals surface area contributed by atoms with Crippen LogP contribution >= 0.6 is 0 Å². The molecule has 0 aliphatic rings. The molecule has 0 aliphatic carbocycles. The van der Waals surface area contributed by atoms with Gasteiger partial charge in [0.1, 0.15) is 11.3 Å². The highest BCUT2D eigenvalue weighted by molar-refractivity contribution is 5.96. The number of hydrogen-bond donors (Lipinski definition) is 3. The Morgan fingerprint density at radius 1 is 0.902 bits per heavy atom. The van der Waals surface area contributed by atoms with Gasteiger partial charge in [0.05, 0.1) is 22.2 Å². The second kappa shape index (κ2) is 11.5. The molecule has 0 spiro atoms. The fourth-order valence-electron chi connectivity index (χ4n) is 4.87. The number of hydrogen-bond acceptors (Lipinski definition) is 4. The van der Waals surface area contributed by atoms with E-state index in [2.05, 4.69) is 45.3 Å². The highest BCUT2D eigenvalue weighted by atomic mass is 19.1. The number of halogens is 1. The van der Waals surface area contributed by atoms with E-state index < -0.39 is 0 Å². The maximum atomic E-state index is 13.5. The zero-order valence-corrected chi connectivity index (χ0v) is 22.7. The number of H-pyrrole nitrogens is 2. The number of nitrogens with one attached hydrogen (secondary N) is 3. The van der Waals surface area contributed by atoms with E-state index >= 15 is 0 Å². The Morgan fingerprint density at radius 3 is 2.51 bits per heavy atom. The summed E-state index contributed by atoms with van der Waals surface area (Å²) >= 11 is 0. The number of pyridine rings is 1. The SMILES string of the molecule is C=C/C(=C\C(=C/C)c1ccc2[nH]nc(-c3nc4c(-c5ccc(F)cc5)cccc4[nH]3)c2n1)CNCc1ccccc1. The van der Waals surface area contributed by atoms with E-state index in [1.165, 1.54) is 17.7 Å². The molecule has 0 radical (unpaired) electrons. The number of fused-ring (bicyclic) bond motifs is 2. The van der Waals surface area contributed by atoms with Crippen LogP contribution in [0.5, 0.6) is 0 Å². The first-order chi connectivity index (χ1) is 20.1. The van der Waals surface area contributed by atoms with Crippen LogP contribution in [-0.2, 0) is 6.54 Å². The van der Waals surface area contributed by atoms with Crippen molar-refractivity contribution in [3.8, 4) is 22.6 Å². The predicted octanol–water partition coefficient (Wildman–Crippen LogP) is 7.61. The minimum atomic E-state index is -0.271. The molecule has 6 rings (SSSR count). The summed E-state index contributed by atoms with van der Waals surface area (Å²) in [5.41, 5.74) is 9.74. The Bertz CT molecular complexity index is 1900. The number of aromatic nitrogens is 5. The molecule has 41 heavy (non-hydrogen) atoms. The Hall–Kier alpha value is -5.14. The Kier molecular flexibility index (Phi) is 7.34. The molecule has 3 heterocycles. The van der Waals surface area contributed by atoms with E-state index in [1.807, 2.05) is 67.6 Å². The van der Waals surface area contributed by atoms with Gasteiger partial charge < -0.3 is 10.3 Å². The second-order valence-corrected chi connectivity index (χ2v) is 9.72. The number of imidazole rings is 1. The first-order valence-corrected chi connectivity index (χ1v) is 13.5. The quantitative estimate of drug-likeness (QED) is 0.165. The van der Waals surface area contributed by atoms with E-state index in [1.54, 1.807) is 12.1 Å². The summed E-state index contributed by atoms with van der Waals surface area (Å²) in [5, 5.41) is 11.1. The standard InChI is InChI=1S/C34H29FN6/c1-3-22(20-36-21-23-9-6-5-7-10-23)19-24(4-2)28-17-18-30-32(37-28)33(41-40-30)34-38-29-12-8-11-27(31(29)39-34)25-13-15-26(35)16-14-25/h3-19,36H,1,20-21H2,2H3,(H,38,39)(H,40,41)/b22-19+,24-4+. The number of nitrogens with zero attached hydrogens (tertiary/aromatic N) is 3. The lowest BCUT2D eigenvalue weighted by Crippen LogP contribution is -2.16. The first kappa shape index (κ1) is 26.1. The van der Waals surface area contributed by atoms with Crippen molar-refractivity contribution >= 4 is 27.6 Å². The van der Waals surface area contributed by atoms with Gasteiger partial charge in [-0.3, -0.25) is 5.10 Å². The molecule has 202 valence electrons. The first-order valence-electron chi connectivity index (χ1n) is 13.5. The number of benzene rings is 3. The van der Waals surface area contributed by atoms with Gasteiger partial charge in [0, 0.05) is 18.7 Å². The molecule has 3 N–H and O–H groups in total. The molecular formula is C34H29FN6. The van der Waals surface area contributed by atoms with Crippen molar-refractivity contribution in [3.63, 3.8) is 0 Å². The van der Waals surface area contributed by atoms with Crippen molar-refractivity contribution in [1.29, 1.82) is 0 Å². The fraction of sp³-hybridized carbons (Fsp3) is 0.0882. The van der Waals surface area contributed by atoms with Crippen LogP contribution in [0.4, 0.5) is 4.39 Å². The highest BCUT2D eigenvalue weighted by Crippen LogP contribution is 2.31. The third-order valence-electron chi connectivity index (χ3n) is 7.01. The number of allylic oxidation sites excluding steroid dienone is 3. The molecule has 0 aliphatic heterocycles. The maximum Gasteiger partial charge on any atom is 0.161 e. The number of aromatic amines is 2. The summed E-state index contributed by atoms with van der Waals surface area (Å²) in [6.45, 7) is 7.48. The predicted molar refractivity (Wildman–Crippen MR) is 164 cm³/mol. The van der Waals surface area contributed by atoms with Crippen LogP contribution in [-0.4, -0.2) is 31.7 Å². The molecule has 0 atom stereocenters. The summed E-state index contributed by atoms with van der Waals surface area (Å²) in [4.78, 5) is 13.3. The van der Waals surface area contributed by atoms with Crippen LogP contribution in [0.3, 0.4) is 0 Å². The summed E-state index contributed by atoms with van der Waals surface area (Å²) < 4.78 is 13.5. The maximum absolute atomic E-state index is 13.5. The minimum Gasteiger partial charge on any atom is -0.336 e. The van der Waals surface area contributed by atoms with Crippen LogP contribution in [0, 0.1) is 5.82 Å². The van der Waals surface area contributed by atoms with E-state index in [-0.39, 0.29) is 5.82 Å². The van der Waals surface area contributed by atoms with E-state index in [0.29, 0.717) is 18.1 Å². The monoisotopic (exact) mass is 540 g/mol. The lowest BCUT2D eigenvalue weighted by molar-refractivity contribution is 0.628. The van der Waals surface area contributed by atoms with Gasteiger partial charge in [-0.25, -0.2) is 14.4 Å². The average Bonchev–Trinajstić information content (AvgIpc) is 3.64. The lowest BCUT2D eigenvalue weighted by Gasteiger charge is -2.08. The van der Waals surface area contributed by atoms with Gasteiger partial charge in [0.2, 0.25) is 0 Å². The summed E-state index contributed by atoms with van der Waals surface area (Å²) in [7, 11) is 0. The van der Waals surface area contributed by atoms with Crippen molar-refractivity contribution in [2.24, 2.45) is 0 Å². The van der Waals surface area contributed by atoms with E-state index in [9.17, 15) is 4.39 Å². The number of rotatable bonds is 9. The van der Waals surface area contributed by atoms with Gasteiger partial charge in [-0.2, -0.15) is 5.10 Å². The van der Waals surface area contributed by atoms with Crippen LogP contribution in [0.25, 0.3) is 50.3 Å². The van der Waals surface area contributed by atoms with Crippen molar-refractivity contribution in [2.75, 3.05) is 6.54 Å². The topological polar surface area (TPSA) is 82.3 Å². The molecule has 0 bridgehead atoms. The second-order valence-electron chi connectivity index (χ2n) is 9.72. The van der Waals surface area contributed by atoms with Gasteiger partial charge in [0.25, 0.3) is 0 Å². The van der Waals surface area contributed by atoms with Gasteiger partial charge in [-0.15, -0.1) is 0 Å². The zero-order valence-electron chi connectivity index (χ0n) is 22.7. The lowest BCUT2D eigenvalue weighted by atomic mass is 10.0. The molecule has 0 amide bonds. The molecule has 7 heteroatoms. The largest absolute Gasteiger partial charge is 0.336 e. The zero-order chi connectivity index (χ0) is 28.2. The summed E-state index contributed by atoms with van der Waals surface area (Å²) in [6.07, 6.45) is 6.02. The number of para-hydroxylation sites is 1. The smallest absolute Gasteiger partial charge is 0.161 e. The van der Waals surface area contributed by atoms with Gasteiger partial charge in [-0.1, -0.05) is 73.3 Å². The third kappa shape index (κ3) is 5.48. The van der Waals surface area contributed by atoms with Gasteiger partial charge >= 0.3 is 0 Å². The van der Waals surface area contributed by atoms with Crippen molar-refractivity contribution < 1.29 is 4.39 Å². The average molecular weight is 541 g/mol. The molecule has 6 nitrogen and oxygen atoms in total. The van der Waals surface area contributed by atoms with Crippen molar-refractivity contribution in [2.45, 2.75) is 13.5 Å². The van der Waals surface area contributed by atoms with Crippen molar-refractivity contribution in [1.82, 2.24) is 30.5 Å². The molecular weight excluding hydrogens is 511 g/mol. The van der Waals surface area contributed by atoms with Crippen LogP contribution in [0.1, 0.15) is 18.2 Å². The molecule has 6 aromatic rings. The molecule has 3 aromatic carbocycles. The van der Waals surface area contributed by atoms with E-state index in [4.69, 9.17) is 9.97 Å². The summed E-state index contributed by atoms with van der Waals surface area (Å²) in [5.74, 6) is 0.340. The van der Waals surface area contributed by atoms with Crippen LogP contribution in [0.15, 0.2) is 115 Å². The van der Waals surface area contributed by atoms with Crippen molar-refractivity contribution in [3.05, 3.63) is 132 Å². The Balaban J connectivity index is 1.30. The van der Waals surface area contributed by atoms with Crippen LogP contribution in [0.2, 0.25) is 0 Å². The summed E-state index contributed by atoms with van der Waals surface area (Å²) in [6, 6.07) is 26.6.